The Balaban J connectivity index is 1.75. The molecular formula is C21H24N2O2. The Kier molecular flexibility index (Phi) is 4.32. The monoisotopic (exact) mass is 336 g/mol. The number of rotatable bonds is 4. The van der Waals surface area contributed by atoms with Gasteiger partial charge in [0.2, 0.25) is 0 Å². The third kappa shape index (κ3) is 2.86. The summed E-state index contributed by atoms with van der Waals surface area (Å²) in [7, 11) is 0. The SMILES string of the molecule is N[C@H]1[C@H]2CCN(C[C@@H]2C(=O)O)[C@H]1C(c1ccccc1)c1ccccc1. The van der Waals surface area contributed by atoms with Crippen LogP contribution < -0.4 is 5.73 Å². The normalized spacial score (nSPS) is 31.2. The van der Waals surface area contributed by atoms with Crippen LogP contribution in [-0.4, -0.2) is 41.1 Å². The van der Waals surface area contributed by atoms with Crippen LogP contribution >= 0.6 is 0 Å². The Bertz CT molecular complexity index is 693. The van der Waals surface area contributed by atoms with E-state index < -0.39 is 5.97 Å². The molecule has 0 saturated carbocycles. The standard InChI is InChI=1S/C21H24N2O2/c22-19-16-11-12-23(13-17(16)21(24)25)20(19)18(14-7-3-1-4-8-14)15-9-5-2-6-10-15/h1-10,16-20H,11-13,22H2,(H,24,25)/t16-,17-,19-,20-/m0/s1. The molecule has 4 heteroatoms. The second-order valence-corrected chi connectivity index (χ2v) is 7.26. The van der Waals surface area contributed by atoms with Gasteiger partial charge in [-0.1, -0.05) is 60.7 Å². The van der Waals surface area contributed by atoms with Crippen LogP contribution in [-0.2, 0) is 4.79 Å². The van der Waals surface area contributed by atoms with E-state index in [9.17, 15) is 9.90 Å². The zero-order chi connectivity index (χ0) is 17.4. The first kappa shape index (κ1) is 16.3. The number of carbonyl (C=O) groups is 1. The number of piperidine rings is 3. The molecule has 2 bridgehead atoms. The van der Waals surface area contributed by atoms with Crippen molar-refractivity contribution in [3.05, 3.63) is 71.8 Å². The minimum Gasteiger partial charge on any atom is -0.481 e. The molecule has 3 aliphatic heterocycles. The topological polar surface area (TPSA) is 66.6 Å². The number of hydrogen-bond donors (Lipinski definition) is 2. The van der Waals surface area contributed by atoms with Gasteiger partial charge in [-0.2, -0.15) is 0 Å². The first-order chi connectivity index (χ1) is 12.2. The molecule has 1 unspecified atom stereocenters. The molecule has 0 aromatic heterocycles. The van der Waals surface area contributed by atoms with Gasteiger partial charge in [-0.15, -0.1) is 0 Å². The van der Waals surface area contributed by atoms with Crippen LogP contribution in [0.15, 0.2) is 60.7 Å². The van der Waals surface area contributed by atoms with Gasteiger partial charge < -0.3 is 10.8 Å². The van der Waals surface area contributed by atoms with Crippen LogP contribution in [0, 0.1) is 11.8 Å². The largest absolute Gasteiger partial charge is 0.481 e. The van der Waals surface area contributed by atoms with E-state index in [-0.39, 0.29) is 29.8 Å². The summed E-state index contributed by atoms with van der Waals surface area (Å²) >= 11 is 0. The molecule has 0 aliphatic carbocycles. The molecule has 4 nitrogen and oxygen atoms in total. The molecule has 3 heterocycles. The number of aliphatic carboxylic acids is 1. The van der Waals surface area contributed by atoms with Gasteiger partial charge >= 0.3 is 5.97 Å². The quantitative estimate of drug-likeness (QED) is 0.900. The van der Waals surface area contributed by atoms with E-state index in [4.69, 9.17) is 5.73 Å². The van der Waals surface area contributed by atoms with Gasteiger partial charge in [0, 0.05) is 24.5 Å². The molecule has 5 rings (SSSR count). The Morgan fingerprint density at radius 2 is 1.60 bits per heavy atom. The summed E-state index contributed by atoms with van der Waals surface area (Å²) in [5.41, 5.74) is 9.15. The maximum atomic E-state index is 11.6. The fourth-order valence-corrected chi connectivity index (χ4v) is 4.83. The number of fused-ring (bicyclic) bond motifs is 3. The van der Waals surface area contributed by atoms with Gasteiger partial charge in [0.05, 0.1) is 5.92 Å². The van der Waals surface area contributed by atoms with Crippen molar-refractivity contribution in [2.45, 2.75) is 24.4 Å². The van der Waals surface area contributed by atoms with E-state index >= 15 is 0 Å². The predicted octanol–water partition coefficient (Wildman–Crippen LogP) is 2.55. The van der Waals surface area contributed by atoms with E-state index in [1.807, 2.05) is 12.1 Å². The lowest BCUT2D eigenvalue weighted by molar-refractivity contribution is -0.151. The maximum absolute atomic E-state index is 11.6. The van der Waals surface area contributed by atoms with Crippen molar-refractivity contribution in [3.8, 4) is 0 Å². The minimum atomic E-state index is -0.709. The summed E-state index contributed by atoms with van der Waals surface area (Å²) in [4.78, 5) is 13.9. The first-order valence-electron chi connectivity index (χ1n) is 8.99. The zero-order valence-corrected chi connectivity index (χ0v) is 14.2. The molecule has 25 heavy (non-hydrogen) atoms. The molecule has 3 aliphatic rings. The molecule has 2 aromatic rings. The minimum absolute atomic E-state index is 0.0578. The lowest BCUT2D eigenvalue weighted by atomic mass is 9.67. The summed E-state index contributed by atoms with van der Waals surface area (Å²) in [6.07, 6.45) is 0.880. The number of carboxylic acids is 1. The highest BCUT2D eigenvalue weighted by Gasteiger charge is 2.51. The third-order valence-corrected chi connectivity index (χ3v) is 5.98. The van der Waals surface area contributed by atoms with Crippen molar-refractivity contribution >= 4 is 5.97 Å². The second kappa shape index (κ2) is 6.62. The van der Waals surface area contributed by atoms with Crippen LogP contribution in [0.4, 0.5) is 0 Å². The van der Waals surface area contributed by atoms with Crippen LogP contribution in [0.3, 0.4) is 0 Å². The lowest BCUT2D eigenvalue weighted by Crippen LogP contribution is -2.67. The first-order valence-corrected chi connectivity index (χ1v) is 8.99. The van der Waals surface area contributed by atoms with E-state index in [2.05, 4.69) is 53.4 Å². The van der Waals surface area contributed by atoms with Gasteiger partial charge in [0.1, 0.15) is 0 Å². The molecular weight excluding hydrogens is 312 g/mol. The molecule has 5 atom stereocenters. The van der Waals surface area contributed by atoms with Crippen molar-refractivity contribution in [2.75, 3.05) is 13.1 Å². The fraction of sp³-hybridized carbons (Fsp3) is 0.381. The van der Waals surface area contributed by atoms with Crippen LogP contribution in [0.2, 0.25) is 0 Å². The van der Waals surface area contributed by atoms with E-state index in [0.717, 1.165) is 13.0 Å². The number of nitrogens with two attached hydrogens (primary N) is 1. The second-order valence-electron chi connectivity index (χ2n) is 7.26. The summed E-state index contributed by atoms with van der Waals surface area (Å²) in [6, 6.07) is 20.9. The molecule has 0 spiro atoms. The van der Waals surface area contributed by atoms with Crippen molar-refractivity contribution in [2.24, 2.45) is 17.6 Å². The summed E-state index contributed by atoms with van der Waals surface area (Å²) in [6.45, 7) is 1.54. The zero-order valence-electron chi connectivity index (χ0n) is 14.2. The number of hydrogen-bond acceptors (Lipinski definition) is 3. The summed E-state index contributed by atoms with van der Waals surface area (Å²) in [5, 5.41) is 9.55. The maximum Gasteiger partial charge on any atom is 0.308 e. The Hall–Kier alpha value is -2.17. The van der Waals surface area contributed by atoms with Gasteiger partial charge in [0.25, 0.3) is 0 Å². The highest BCUT2D eigenvalue weighted by atomic mass is 16.4. The van der Waals surface area contributed by atoms with Crippen LogP contribution in [0.1, 0.15) is 23.5 Å². The Morgan fingerprint density at radius 1 is 1.04 bits per heavy atom. The molecule has 130 valence electrons. The average molecular weight is 336 g/mol. The third-order valence-electron chi connectivity index (χ3n) is 5.98. The molecule has 3 N–H and O–H groups in total. The molecule has 2 aromatic carbocycles. The van der Waals surface area contributed by atoms with E-state index in [0.29, 0.717) is 6.54 Å². The van der Waals surface area contributed by atoms with Gasteiger partial charge in [-0.3, -0.25) is 9.69 Å². The average Bonchev–Trinajstić information content (AvgIpc) is 2.66. The van der Waals surface area contributed by atoms with Crippen molar-refractivity contribution < 1.29 is 9.90 Å². The molecule has 0 radical (unpaired) electrons. The summed E-state index contributed by atoms with van der Waals surface area (Å²) in [5.74, 6) is -0.830. The number of nitrogens with zero attached hydrogens (tertiary/aromatic N) is 1. The van der Waals surface area contributed by atoms with Gasteiger partial charge in [-0.05, 0) is 30.0 Å². The highest BCUT2D eigenvalue weighted by molar-refractivity contribution is 5.71. The number of benzene rings is 2. The molecule has 3 fully saturated rings. The van der Waals surface area contributed by atoms with Gasteiger partial charge in [-0.25, -0.2) is 0 Å². The predicted molar refractivity (Wildman–Crippen MR) is 97.3 cm³/mol. The molecule has 0 amide bonds. The van der Waals surface area contributed by atoms with Crippen LogP contribution in [0.5, 0.6) is 0 Å². The Labute approximate surface area is 148 Å². The van der Waals surface area contributed by atoms with Crippen molar-refractivity contribution in [1.29, 1.82) is 0 Å². The smallest absolute Gasteiger partial charge is 0.308 e. The van der Waals surface area contributed by atoms with E-state index in [1.54, 1.807) is 0 Å². The molecule has 3 saturated heterocycles. The van der Waals surface area contributed by atoms with Crippen molar-refractivity contribution in [3.63, 3.8) is 0 Å². The highest BCUT2D eigenvalue weighted by Crippen LogP contribution is 2.43. The fourth-order valence-electron chi connectivity index (χ4n) is 4.83. The van der Waals surface area contributed by atoms with Crippen LogP contribution in [0.25, 0.3) is 0 Å². The Morgan fingerprint density at radius 3 is 2.08 bits per heavy atom. The number of carboxylic acid groups (broad SMARTS) is 1. The summed E-state index contributed by atoms with van der Waals surface area (Å²) < 4.78 is 0. The lowest BCUT2D eigenvalue weighted by Gasteiger charge is -2.54. The van der Waals surface area contributed by atoms with Crippen molar-refractivity contribution in [1.82, 2.24) is 4.90 Å². The van der Waals surface area contributed by atoms with Gasteiger partial charge in [0.15, 0.2) is 0 Å². The van der Waals surface area contributed by atoms with E-state index in [1.165, 1.54) is 11.1 Å².